The van der Waals surface area contributed by atoms with Gasteiger partial charge in [0.25, 0.3) is 0 Å². The SMILES string of the molecule is Cc1cncc(NC(=O)C(=O)N(C)[C@@H]2CCCc3c2cnn3C)c1. The summed E-state index contributed by atoms with van der Waals surface area (Å²) in [7, 11) is 3.57. The molecule has 24 heavy (non-hydrogen) atoms. The van der Waals surface area contributed by atoms with Gasteiger partial charge in [-0.2, -0.15) is 5.10 Å². The molecule has 1 aliphatic carbocycles. The molecule has 0 fully saturated rings. The van der Waals surface area contributed by atoms with Crippen molar-refractivity contribution >= 4 is 17.5 Å². The maximum Gasteiger partial charge on any atom is 0.313 e. The van der Waals surface area contributed by atoms with Crippen LogP contribution in [-0.4, -0.2) is 38.5 Å². The Balaban J connectivity index is 1.74. The van der Waals surface area contributed by atoms with Crippen molar-refractivity contribution in [1.82, 2.24) is 19.7 Å². The molecule has 0 unspecified atom stereocenters. The zero-order valence-corrected chi connectivity index (χ0v) is 14.1. The second kappa shape index (κ2) is 6.43. The number of aromatic nitrogens is 3. The first-order valence-corrected chi connectivity index (χ1v) is 7.98. The Labute approximate surface area is 140 Å². The number of nitrogens with zero attached hydrogens (tertiary/aromatic N) is 4. The van der Waals surface area contributed by atoms with Crippen molar-refractivity contribution in [3.05, 3.63) is 41.5 Å². The van der Waals surface area contributed by atoms with Crippen LogP contribution in [0.4, 0.5) is 5.69 Å². The maximum absolute atomic E-state index is 12.5. The highest BCUT2D eigenvalue weighted by atomic mass is 16.2. The first kappa shape index (κ1) is 16.2. The van der Waals surface area contributed by atoms with E-state index in [1.807, 2.05) is 18.7 Å². The van der Waals surface area contributed by atoms with Crippen LogP contribution in [0.25, 0.3) is 0 Å². The fourth-order valence-electron chi connectivity index (χ4n) is 3.19. The first-order valence-electron chi connectivity index (χ1n) is 7.98. The van der Waals surface area contributed by atoms with E-state index < -0.39 is 11.8 Å². The van der Waals surface area contributed by atoms with Gasteiger partial charge in [0.05, 0.1) is 24.1 Å². The number of carbonyl (C=O) groups is 2. The zero-order chi connectivity index (χ0) is 17.3. The highest BCUT2D eigenvalue weighted by molar-refractivity contribution is 6.39. The summed E-state index contributed by atoms with van der Waals surface area (Å²) in [5.41, 5.74) is 3.60. The topological polar surface area (TPSA) is 80.1 Å². The molecule has 0 spiro atoms. The van der Waals surface area contributed by atoms with Crippen LogP contribution in [0.3, 0.4) is 0 Å². The normalized spacial score (nSPS) is 16.4. The van der Waals surface area contributed by atoms with Gasteiger partial charge >= 0.3 is 11.8 Å². The minimum Gasteiger partial charge on any atom is -0.330 e. The van der Waals surface area contributed by atoms with Gasteiger partial charge in [0.15, 0.2) is 0 Å². The van der Waals surface area contributed by atoms with Crippen molar-refractivity contribution in [2.45, 2.75) is 32.2 Å². The van der Waals surface area contributed by atoms with Crippen molar-refractivity contribution in [2.24, 2.45) is 7.05 Å². The summed E-state index contributed by atoms with van der Waals surface area (Å²) in [5.74, 6) is -1.21. The van der Waals surface area contributed by atoms with Crippen molar-refractivity contribution < 1.29 is 9.59 Å². The Bertz CT molecular complexity index is 783. The van der Waals surface area contributed by atoms with Gasteiger partial charge in [0.1, 0.15) is 0 Å². The lowest BCUT2D eigenvalue weighted by Crippen LogP contribution is -2.40. The monoisotopic (exact) mass is 327 g/mol. The molecule has 2 aromatic rings. The highest BCUT2D eigenvalue weighted by Gasteiger charge is 2.31. The molecule has 3 rings (SSSR count). The molecular weight excluding hydrogens is 306 g/mol. The Morgan fingerprint density at radius 2 is 2.12 bits per heavy atom. The van der Waals surface area contributed by atoms with Crippen molar-refractivity contribution in [1.29, 1.82) is 0 Å². The van der Waals surface area contributed by atoms with Crippen molar-refractivity contribution in [3.8, 4) is 0 Å². The molecular formula is C17H21N5O2. The van der Waals surface area contributed by atoms with E-state index >= 15 is 0 Å². The molecule has 1 N–H and O–H groups in total. The van der Waals surface area contributed by atoms with Crippen LogP contribution in [-0.2, 0) is 23.1 Å². The zero-order valence-electron chi connectivity index (χ0n) is 14.1. The van der Waals surface area contributed by atoms with Crippen molar-refractivity contribution in [3.63, 3.8) is 0 Å². The van der Waals surface area contributed by atoms with E-state index in [9.17, 15) is 9.59 Å². The summed E-state index contributed by atoms with van der Waals surface area (Å²) < 4.78 is 1.85. The molecule has 0 saturated carbocycles. The van der Waals surface area contributed by atoms with Gasteiger partial charge in [-0.05, 0) is 37.8 Å². The molecule has 1 aliphatic rings. The third-order valence-electron chi connectivity index (χ3n) is 4.46. The summed E-state index contributed by atoms with van der Waals surface area (Å²) in [4.78, 5) is 30.3. The largest absolute Gasteiger partial charge is 0.330 e. The molecule has 2 amide bonds. The lowest BCUT2D eigenvalue weighted by molar-refractivity contribution is -0.144. The van der Waals surface area contributed by atoms with E-state index in [4.69, 9.17) is 0 Å². The second-order valence-corrected chi connectivity index (χ2v) is 6.20. The molecule has 2 aromatic heterocycles. The standard InChI is InChI=1S/C17H21N5O2/c1-11-7-12(9-18-8-11)20-16(23)17(24)21(2)14-5-4-6-15-13(14)10-19-22(15)3/h7-10,14H,4-6H2,1-3H3,(H,20,23)/t14-/m1/s1. The van der Waals surface area contributed by atoms with Gasteiger partial charge in [-0.3, -0.25) is 19.3 Å². The van der Waals surface area contributed by atoms with Crippen molar-refractivity contribution in [2.75, 3.05) is 12.4 Å². The number of hydrogen-bond acceptors (Lipinski definition) is 4. The summed E-state index contributed by atoms with van der Waals surface area (Å²) in [6.45, 7) is 1.88. The summed E-state index contributed by atoms with van der Waals surface area (Å²) in [6.07, 6.45) is 7.77. The van der Waals surface area contributed by atoms with E-state index in [1.54, 1.807) is 25.5 Å². The van der Waals surface area contributed by atoms with Gasteiger partial charge in [-0.25, -0.2) is 0 Å². The lowest BCUT2D eigenvalue weighted by Gasteiger charge is -2.31. The molecule has 7 nitrogen and oxygen atoms in total. The van der Waals surface area contributed by atoms with Gasteiger partial charge in [-0.1, -0.05) is 0 Å². The van der Waals surface area contributed by atoms with E-state index in [2.05, 4.69) is 15.4 Å². The summed E-state index contributed by atoms with van der Waals surface area (Å²) in [5, 5.41) is 6.90. The molecule has 1 atom stereocenters. The quantitative estimate of drug-likeness (QED) is 0.850. The number of fused-ring (bicyclic) bond motifs is 1. The Hall–Kier alpha value is -2.70. The van der Waals surface area contributed by atoms with Crippen LogP contribution in [0, 0.1) is 6.92 Å². The van der Waals surface area contributed by atoms with E-state index in [0.29, 0.717) is 5.69 Å². The average Bonchev–Trinajstić information content (AvgIpc) is 2.95. The minimum atomic E-state index is -0.652. The van der Waals surface area contributed by atoms with Gasteiger partial charge in [0, 0.05) is 31.5 Å². The van der Waals surface area contributed by atoms with E-state index in [0.717, 1.165) is 36.1 Å². The molecule has 126 valence electrons. The predicted octanol–water partition coefficient (Wildman–Crippen LogP) is 1.60. The molecule has 0 aromatic carbocycles. The van der Waals surface area contributed by atoms with Crippen LogP contribution in [0.1, 0.15) is 35.7 Å². The van der Waals surface area contributed by atoms with Gasteiger partial charge in [0.2, 0.25) is 0 Å². The number of amides is 2. The van der Waals surface area contributed by atoms with E-state index in [-0.39, 0.29) is 6.04 Å². The minimum absolute atomic E-state index is 0.115. The molecule has 0 aliphatic heterocycles. The number of rotatable bonds is 2. The van der Waals surface area contributed by atoms with Gasteiger partial charge in [-0.15, -0.1) is 0 Å². The smallest absolute Gasteiger partial charge is 0.313 e. The fourth-order valence-corrected chi connectivity index (χ4v) is 3.19. The Morgan fingerprint density at radius 3 is 2.88 bits per heavy atom. The molecule has 0 saturated heterocycles. The van der Waals surface area contributed by atoms with Crippen LogP contribution in [0.5, 0.6) is 0 Å². The number of anilines is 1. The third kappa shape index (κ3) is 3.02. The average molecular weight is 327 g/mol. The number of pyridine rings is 1. The van der Waals surface area contributed by atoms with Crippen LogP contribution in [0.2, 0.25) is 0 Å². The number of carbonyl (C=O) groups excluding carboxylic acids is 2. The number of aryl methyl sites for hydroxylation is 2. The van der Waals surface area contributed by atoms with Gasteiger partial charge < -0.3 is 10.2 Å². The fraction of sp³-hybridized carbons (Fsp3) is 0.412. The molecule has 2 heterocycles. The number of nitrogens with one attached hydrogen (secondary N) is 1. The van der Waals surface area contributed by atoms with Crippen LogP contribution in [0.15, 0.2) is 24.7 Å². The number of hydrogen-bond donors (Lipinski definition) is 1. The maximum atomic E-state index is 12.5. The lowest BCUT2D eigenvalue weighted by atomic mass is 9.92. The highest BCUT2D eigenvalue weighted by Crippen LogP contribution is 2.33. The molecule has 7 heteroatoms. The summed E-state index contributed by atoms with van der Waals surface area (Å²) in [6, 6.07) is 1.66. The number of likely N-dealkylation sites (N-methyl/N-ethyl adjacent to an activating group) is 1. The van der Waals surface area contributed by atoms with Crippen LogP contribution < -0.4 is 5.32 Å². The Kier molecular flexibility index (Phi) is 4.33. The third-order valence-corrected chi connectivity index (χ3v) is 4.46. The molecule has 0 bridgehead atoms. The summed E-state index contributed by atoms with van der Waals surface area (Å²) >= 11 is 0. The van der Waals surface area contributed by atoms with E-state index in [1.165, 1.54) is 11.1 Å². The first-order chi connectivity index (χ1) is 11.5. The Morgan fingerprint density at radius 1 is 1.33 bits per heavy atom. The van der Waals surface area contributed by atoms with Crippen LogP contribution >= 0.6 is 0 Å². The molecule has 0 radical (unpaired) electrons. The predicted molar refractivity (Wildman–Crippen MR) is 89.3 cm³/mol. The second-order valence-electron chi connectivity index (χ2n) is 6.20.